The molecule has 1 aliphatic rings. The number of nitrogens with zero attached hydrogens (tertiary/aromatic N) is 1. The Morgan fingerprint density at radius 1 is 1.47 bits per heavy atom. The van der Waals surface area contributed by atoms with Crippen molar-refractivity contribution in [1.29, 1.82) is 0 Å². The molecule has 3 nitrogen and oxygen atoms in total. The Morgan fingerprint density at radius 2 is 2.00 bits per heavy atom. The van der Waals surface area contributed by atoms with Gasteiger partial charge in [-0.3, -0.25) is 4.79 Å². The van der Waals surface area contributed by atoms with Gasteiger partial charge >= 0.3 is 6.18 Å². The molecule has 0 aliphatic heterocycles. The summed E-state index contributed by atoms with van der Waals surface area (Å²) >= 11 is 0. The summed E-state index contributed by atoms with van der Waals surface area (Å²) in [6, 6.07) is 0. The fraction of sp³-hybridized carbons (Fsp3) is 0.909. The van der Waals surface area contributed by atoms with Crippen molar-refractivity contribution in [2.75, 3.05) is 20.1 Å². The van der Waals surface area contributed by atoms with E-state index in [-0.39, 0.29) is 19.0 Å². The SMILES string of the molecule is CC1CC(CN)(C(=O)N(C)CCC(F)(F)F)C1. The minimum absolute atomic E-state index is 0.215. The van der Waals surface area contributed by atoms with E-state index >= 15 is 0 Å². The smallest absolute Gasteiger partial charge is 0.345 e. The lowest BCUT2D eigenvalue weighted by Gasteiger charge is -2.46. The van der Waals surface area contributed by atoms with Crippen LogP contribution in [0.2, 0.25) is 0 Å². The monoisotopic (exact) mass is 252 g/mol. The van der Waals surface area contributed by atoms with Gasteiger partial charge in [0, 0.05) is 20.1 Å². The molecule has 0 spiro atoms. The van der Waals surface area contributed by atoms with E-state index in [0.717, 1.165) is 4.90 Å². The Labute approximate surface area is 99.1 Å². The molecule has 1 amide bonds. The molecular formula is C11H19F3N2O. The summed E-state index contributed by atoms with van der Waals surface area (Å²) in [5.74, 6) is 0.181. The quantitative estimate of drug-likeness (QED) is 0.829. The van der Waals surface area contributed by atoms with Gasteiger partial charge in [0.15, 0.2) is 0 Å². The molecule has 6 heteroatoms. The van der Waals surface area contributed by atoms with E-state index in [4.69, 9.17) is 5.73 Å². The zero-order valence-electron chi connectivity index (χ0n) is 10.2. The topological polar surface area (TPSA) is 46.3 Å². The molecular weight excluding hydrogens is 233 g/mol. The van der Waals surface area contributed by atoms with Gasteiger partial charge in [-0.05, 0) is 18.8 Å². The van der Waals surface area contributed by atoms with Gasteiger partial charge in [0.25, 0.3) is 0 Å². The number of carbonyl (C=O) groups excluding carboxylic acids is 1. The number of halogens is 3. The van der Waals surface area contributed by atoms with E-state index in [1.165, 1.54) is 7.05 Å². The van der Waals surface area contributed by atoms with Crippen molar-refractivity contribution in [2.45, 2.75) is 32.4 Å². The molecule has 0 aromatic heterocycles. The Bertz CT molecular complexity index is 285. The van der Waals surface area contributed by atoms with Gasteiger partial charge in [-0.2, -0.15) is 13.2 Å². The van der Waals surface area contributed by atoms with E-state index in [9.17, 15) is 18.0 Å². The lowest BCUT2D eigenvalue weighted by atomic mass is 9.62. The molecule has 0 aromatic rings. The van der Waals surface area contributed by atoms with Crippen LogP contribution in [-0.2, 0) is 4.79 Å². The summed E-state index contributed by atoms with van der Waals surface area (Å²) < 4.78 is 36.2. The Balaban J connectivity index is 2.52. The van der Waals surface area contributed by atoms with Gasteiger partial charge in [0.2, 0.25) is 5.91 Å². The normalized spacial score (nSPS) is 28.7. The van der Waals surface area contributed by atoms with Gasteiger partial charge in [0.1, 0.15) is 0 Å². The van der Waals surface area contributed by atoms with Crippen LogP contribution in [0, 0.1) is 11.3 Å². The highest BCUT2D eigenvalue weighted by Gasteiger charge is 2.48. The molecule has 0 radical (unpaired) electrons. The number of alkyl halides is 3. The van der Waals surface area contributed by atoms with Crippen LogP contribution in [0.15, 0.2) is 0 Å². The highest BCUT2D eigenvalue weighted by atomic mass is 19.4. The van der Waals surface area contributed by atoms with Crippen molar-refractivity contribution in [1.82, 2.24) is 4.90 Å². The Kier molecular flexibility index (Phi) is 4.06. The average Bonchev–Trinajstić information content (AvgIpc) is 2.19. The summed E-state index contributed by atoms with van der Waals surface area (Å²) in [5, 5.41) is 0. The summed E-state index contributed by atoms with van der Waals surface area (Å²) in [6.07, 6.45) is -3.83. The van der Waals surface area contributed by atoms with E-state index in [0.29, 0.717) is 18.8 Å². The van der Waals surface area contributed by atoms with Gasteiger partial charge in [-0.15, -0.1) is 0 Å². The van der Waals surface area contributed by atoms with Crippen LogP contribution in [0.1, 0.15) is 26.2 Å². The zero-order chi connectivity index (χ0) is 13.3. The molecule has 100 valence electrons. The summed E-state index contributed by atoms with van der Waals surface area (Å²) in [7, 11) is 1.41. The first kappa shape index (κ1) is 14.3. The summed E-state index contributed by atoms with van der Waals surface area (Å²) in [6.45, 7) is 1.93. The minimum atomic E-state index is -4.22. The maximum Gasteiger partial charge on any atom is 0.390 e. The molecule has 1 rings (SSSR count). The minimum Gasteiger partial charge on any atom is -0.345 e. The number of carbonyl (C=O) groups is 1. The number of nitrogens with two attached hydrogens (primary N) is 1. The van der Waals surface area contributed by atoms with Gasteiger partial charge < -0.3 is 10.6 Å². The van der Waals surface area contributed by atoms with Crippen LogP contribution < -0.4 is 5.73 Å². The molecule has 1 fully saturated rings. The molecule has 0 heterocycles. The van der Waals surface area contributed by atoms with Crippen molar-refractivity contribution < 1.29 is 18.0 Å². The second-order valence-electron chi connectivity index (χ2n) is 5.09. The Morgan fingerprint density at radius 3 is 2.35 bits per heavy atom. The van der Waals surface area contributed by atoms with E-state index in [2.05, 4.69) is 0 Å². The maximum absolute atomic E-state index is 12.1. The van der Waals surface area contributed by atoms with Crippen molar-refractivity contribution in [3.63, 3.8) is 0 Å². The number of rotatable bonds is 4. The standard InChI is InChI=1S/C11H19F3N2O/c1-8-5-10(6-8,7-15)9(17)16(2)4-3-11(12,13)14/h8H,3-7,15H2,1-2H3. The fourth-order valence-electron chi connectivity index (χ4n) is 2.50. The molecule has 0 saturated heterocycles. The maximum atomic E-state index is 12.1. The predicted molar refractivity (Wildman–Crippen MR) is 58.2 cm³/mol. The van der Waals surface area contributed by atoms with Crippen LogP contribution in [-0.4, -0.2) is 37.1 Å². The van der Waals surface area contributed by atoms with Crippen molar-refractivity contribution in [3.8, 4) is 0 Å². The van der Waals surface area contributed by atoms with Crippen molar-refractivity contribution >= 4 is 5.91 Å². The lowest BCUT2D eigenvalue weighted by molar-refractivity contribution is -0.155. The molecule has 0 bridgehead atoms. The van der Waals surface area contributed by atoms with E-state index in [1.54, 1.807) is 0 Å². The molecule has 17 heavy (non-hydrogen) atoms. The third-order valence-corrected chi connectivity index (χ3v) is 3.40. The third-order valence-electron chi connectivity index (χ3n) is 3.40. The van der Waals surface area contributed by atoms with E-state index < -0.39 is 18.0 Å². The molecule has 0 unspecified atom stereocenters. The molecule has 0 aromatic carbocycles. The van der Waals surface area contributed by atoms with Crippen LogP contribution in [0.5, 0.6) is 0 Å². The second-order valence-corrected chi connectivity index (χ2v) is 5.09. The lowest BCUT2D eigenvalue weighted by Crippen LogP contribution is -2.54. The van der Waals surface area contributed by atoms with E-state index in [1.807, 2.05) is 6.92 Å². The molecule has 0 atom stereocenters. The molecule has 1 saturated carbocycles. The second kappa shape index (κ2) is 4.84. The molecule has 2 N–H and O–H groups in total. The number of amides is 1. The highest BCUT2D eigenvalue weighted by molar-refractivity contribution is 5.83. The average molecular weight is 252 g/mol. The van der Waals surface area contributed by atoms with Crippen molar-refractivity contribution in [2.24, 2.45) is 17.1 Å². The zero-order valence-corrected chi connectivity index (χ0v) is 10.2. The van der Waals surface area contributed by atoms with Crippen LogP contribution >= 0.6 is 0 Å². The first-order valence-corrected chi connectivity index (χ1v) is 5.72. The van der Waals surface area contributed by atoms with Gasteiger partial charge in [-0.1, -0.05) is 6.92 Å². The first-order chi connectivity index (χ1) is 7.70. The first-order valence-electron chi connectivity index (χ1n) is 5.72. The Hall–Kier alpha value is -0.780. The number of hydrogen-bond donors (Lipinski definition) is 1. The largest absolute Gasteiger partial charge is 0.390 e. The van der Waals surface area contributed by atoms with Crippen LogP contribution in [0.4, 0.5) is 13.2 Å². The molecule has 1 aliphatic carbocycles. The summed E-state index contributed by atoms with van der Waals surface area (Å²) in [5.41, 5.74) is 4.97. The van der Waals surface area contributed by atoms with Crippen LogP contribution in [0.25, 0.3) is 0 Å². The van der Waals surface area contributed by atoms with Crippen molar-refractivity contribution in [3.05, 3.63) is 0 Å². The van der Waals surface area contributed by atoms with Crippen LogP contribution in [0.3, 0.4) is 0 Å². The van der Waals surface area contributed by atoms with Gasteiger partial charge in [-0.25, -0.2) is 0 Å². The summed E-state index contributed by atoms with van der Waals surface area (Å²) in [4.78, 5) is 13.2. The fourth-order valence-corrected chi connectivity index (χ4v) is 2.50. The highest BCUT2D eigenvalue weighted by Crippen LogP contribution is 2.45. The number of hydrogen-bond acceptors (Lipinski definition) is 2. The third kappa shape index (κ3) is 3.34. The predicted octanol–water partition coefficient (Wildman–Crippen LogP) is 1.77. The van der Waals surface area contributed by atoms with Gasteiger partial charge in [0.05, 0.1) is 11.8 Å².